The van der Waals surface area contributed by atoms with Crippen LogP contribution in [0.2, 0.25) is 0 Å². The second-order valence-corrected chi connectivity index (χ2v) is 5.92. The Labute approximate surface area is 143 Å². The third-order valence-corrected chi connectivity index (χ3v) is 4.29. The maximum atomic E-state index is 12.3. The van der Waals surface area contributed by atoms with Crippen LogP contribution >= 0.6 is 0 Å². The Morgan fingerprint density at radius 3 is 2.96 bits per heavy atom. The SMILES string of the molecule is C[C@H]1[C@@H](O)CN1C(=O)c1coc(Cc2ccc(-n3cncn3)cn2)n1. The summed E-state index contributed by atoms with van der Waals surface area (Å²) in [6.07, 6.45) is 5.99. The smallest absolute Gasteiger partial charge is 0.276 e. The number of aliphatic hydroxyl groups excluding tert-OH is 1. The first-order valence-corrected chi connectivity index (χ1v) is 7.85. The fourth-order valence-electron chi connectivity index (χ4n) is 2.65. The summed E-state index contributed by atoms with van der Waals surface area (Å²) in [5, 5.41) is 13.6. The summed E-state index contributed by atoms with van der Waals surface area (Å²) in [5.74, 6) is 0.181. The van der Waals surface area contributed by atoms with E-state index < -0.39 is 6.10 Å². The van der Waals surface area contributed by atoms with E-state index in [1.165, 1.54) is 12.6 Å². The number of hydrogen-bond donors (Lipinski definition) is 1. The molecule has 3 aromatic rings. The van der Waals surface area contributed by atoms with Crippen molar-refractivity contribution in [3.8, 4) is 5.69 Å². The molecular weight excluding hydrogens is 324 g/mol. The van der Waals surface area contributed by atoms with Crippen LogP contribution in [0.3, 0.4) is 0 Å². The monoisotopic (exact) mass is 340 g/mol. The quantitative estimate of drug-likeness (QED) is 0.734. The van der Waals surface area contributed by atoms with Gasteiger partial charge in [-0.15, -0.1) is 0 Å². The van der Waals surface area contributed by atoms with E-state index >= 15 is 0 Å². The minimum Gasteiger partial charge on any atom is -0.448 e. The maximum absolute atomic E-state index is 12.3. The Hall–Kier alpha value is -3.07. The van der Waals surface area contributed by atoms with Crippen LogP contribution in [-0.2, 0) is 6.42 Å². The van der Waals surface area contributed by atoms with Gasteiger partial charge in [0.2, 0.25) is 5.89 Å². The molecule has 2 atom stereocenters. The molecule has 4 heterocycles. The molecule has 0 saturated carbocycles. The Morgan fingerprint density at radius 1 is 1.44 bits per heavy atom. The summed E-state index contributed by atoms with van der Waals surface area (Å²) in [6.45, 7) is 2.13. The summed E-state index contributed by atoms with van der Waals surface area (Å²) in [7, 11) is 0. The van der Waals surface area contributed by atoms with Gasteiger partial charge in [0.25, 0.3) is 5.91 Å². The average molecular weight is 340 g/mol. The summed E-state index contributed by atoms with van der Waals surface area (Å²) < 4.78 is 7.00. The second-order valence-electron chi connectivity index (χ2n) is 5.92. The number of rotatable bonds is 4. The van der Waals surface area contributed by atoms with Crippen molar-refractivity contribution in [2.45, 2.75) is 25.5 Å². The topological polar surface area (TPSA) is 110 Å². The molecule has 1 amide bonds. The molecule has 9 heteroatoms. The van der Waals surface area contributed by atoms with Gasteiger partial charge in [-0.05, 0) is 19.1 Å². The first-order valence-electron chi connectivity index (χ1n) is 7.85. The van der Waals surface area contributed by atoms with Gasteiger partial charge in [-0.2, -0.15) is 5.10 Å². The number of aromatic nitrogens is 5. The molecule has 1 aliphatic rings. The fourth-order valence-corrected chi connectivity index (χ4v) is 2.65. The number of amides is 1. The van der Waals surface area contributed by atoms with Gasteiger partial charge in [0.05, 0.1) is 30.5 Å². The van der Waals surface area contributed by atoms with E-state index in [1.54, 1.807) is 29.0 Å². The number of nitrogens with zero attached hydrogens (tertiary/aromatic N) is 6. The molecule has 0 bridgehead atoms. The average Bonchev–Trinajstić information content (AvgIpc) is 3.31. The van der Waals surface area contributed by atoms with Crippen LogP contribution < -0.4 is 0 Å². The molecule has 0 aromatic carbocycles. The zero-order chi connectivity index (χ0) is 17.4. The Balaban J connectivity index is 1.43. The molecule has 1 N–H and O–H groups in total. The molecule has 3 aromatic heterocycles. The standard InChI is InChI=1S/C16H16N6O3/c1-10-14(23)6-21(10)16(24)13-7-25-15(20-13)4-11-2-3-12(5-18-11)22-9-17-8-19-22/h2-3,5,7-10,14,23H,4,6H2,1H3/t10-,14-/m0/s1. The van der Waals surface area contributed by atoms with Gasteiger partial charge < -0.3 is 14.4 Å². The van der Waals surface area contributed by atoms with Crippen molar-refractivity contribution < 1.29 is 14.3 Å². The highest BCUT2D eigenvalue weighted by Gasteiger charge is 2.38. The van der Waals surface area contributed by atoms with Crippen molar-refractivity contribution in [1.29, 1.82) is 0 Å². The third kappa shape index (κ3) is 2.89. The molecule has 0 spiro atoms. The number of hydrogen-bond acceptors (Lipinski definition) is 7. The number of aliphatic hydroxyl groups is 1. The summed E-state index contributed by atoms with van der Waals surface area (Å²) in [6, 6.07) is 3.52. The van der Waals surface area contributed by atoms with Gasteiger partial charge in [-0.25, -0.2) is 14.6 Å². The van der Waals surface area contributed by atoms with Crippen LogP contribution in [0.1, 0.15) is 29.0 Å². The highest BCUT2D eigenvalue weighted by atomic mass is 16.3. The minimum atomic E-state index is -0.469. The van der Waals surface area contributed by atoms with Crippen molar-refractivity contribution in [2.24, 2.45) is 0 Å². The highest BCUT2D eigenvalue weighted by Crippen LogP contribution is 2.20. The molecule has 25 heavy (non-hydrogen) atoms. The molecule has 1 aliphatic heterocycles. The first kappa shape index (κ1) is 15.5. The molecule has 0 aliphatic carbocycles. The third-order valence-electron chi connectivity index (χ3n) is 4.29. The normalized spacial score (nSPS) is 19.7. The largest absolute Gasteiger partial charge is 0.448 e. The molecule has 9 nitrogen and oxygen atoms in total. The lowest BCUT2D eigenvalue weighted by atomic mass is 10.0. The van der Waals surface area contributed by atoms with Crippen molar-refractivity contribution in [1.82, 2.24) is 29.6 Å². The van der Waals surface area contributed by atoms with Crippen LogP contribution in [0.15, 0.2) is 41.7 Å². The van der Waals surface area contributed by atoms with Crippen molar-refractivity contribution >= 4 is 5.91 Å². The van der Waals surface area contributed by atoms with E-state index in [1.807, 2.05) is 12.1 Å². The maximum Gasteiger partial charge on any atom is 0.276 e. The molecule has 128 valence electrons. The lowest BCUT2D eigenvalue weighted by Gasteiger charge is -2.42. The van der Waals surface area contributed by atoms with Gasteiger partial charge in [0.15, 0.2) is 5.69 Å². The Kier molecular flexibility index (Phi) is 3.77. The van der Waals surface area contributed by atoms with E-state index in [0.717, 1.165) is 11.4 Å². The van der Waals surface area contributed by atoms with Crippen molar-refractivity contribution in [3.05, 3.63) is 54.5 Å². The number of carbonyl (C=O) groups is 1. The summed E-state index contributed by atoms with van der Waals surface area (Å²) >= 11 is 0. The van der Waals surface area contributed by atoms with Crippen LogP contribution in [0, 0.1) is 0 Å². The lowest BCUT2D eigenvalue weighted by molar-refractivity contribution is -0.0360. The Bertz CT molecular complexity index is 874. The number of oxazole rings is 1. The molecule has 1 fully saturated rings. The predicted octanol–water partition coefficient (Wildman–Crippen LogP) is 0.446. The van der Waals surface area contributed by atoms with Gasteiger partial charge in [0, 0.05) is 12.2 Å². The van der Waals surface area contributed by atoms with Gasteiger partial charge >= 0.3 is 0 Å². The highest BCUT2D eigenvalue weighted by molar-refractivity contribution is 5.92. The minimum absolute atomic E-state index is 0.196. The zero-order valence-corrected chi connectivity index (χ0v) is 13.5. The first-order chi connectivity index (χ1) is 12.1. The fraction of sp³-hybridized carbons (Fsp3) is 0.312. The van der Waals surface area contributed by atoms with E-state index in [-0.39, 0.29) is 17.6 Å². The van der Waals surface area contributed by atoms with Crippen LogP contribution in [0.4, 0.5) is 0 Å². The van der Waals surface area contributed by atoms with Crippen LogP contribution in [0.25, 0.3) is 5.69 Å². The lowest BCUT2D eigenvalue weighted by Crippen LogP contribution is -2.60. The van der Waals surface area contributed by atoms with E-state index in [9.17, 15) is 9.90 Å². The number of β-amino-alcohol motifs (C(OH)–C–C–N with tert-alkyl or cyclic N) is 1. The molecule has 4 rings (SSSR count). The zero-order valence-electron chi connectivity index (χ0n) is 13.5. The summed E-state index contributed by atoms with van der Waals surface area (Å²) in [5.41, 5.74) is 1.81. The van der Waals surface area contributed by atoms with Crippen LogP contribution in [-0.4, -0.2) is 59.3 Å². The number of likely N-dealkylation sites (tertiary alicyclic amines) is 1. The van der Waals surface area contributed by atoms with Crippen molar-refractivity contribution in [2.75, 3.05) is 6.54 Å². The van der Waals surface area contributed by atoms with E-state index in [2.05, 4.69) is 20.1 Å². The second kappa shape index (κ2) is 6.10. The number of pyridine rings is 1. The predicted molar refractivity (Wildman–Crippen MR) is 85.0 cm³/mol. The van der Waals surface area contributed by atoms with Crippen LogP contribution in [0.5, 0.6) is 0 Å². The van der Waals surface area contributed by atoms with Gasteiger partial charge in [-0.3, -0.25) is 9.78 Å². The van der Waals surface area contributed by atoms with Gasteiger partial charge in [0.1, 0.15) is 18.9 Å². The molecular formula is C16H16N6O3. The molecule has 0 radical (unpaired) electrons. The molecule has 1 saturated heterocycles. The molecule has 0 unspecified atom stereocenters. The van der Waals surface area contributed by atoms with Gasteiger partial charge in [-0.1, -0.05) is 0 Å². The Morgan fingerprint density at radius 2 is 2.32 bits per heavy atom. The summed E-state index contributed by atoms with van der Waals surface area (Å²) in [4.78, 5) is 26.3. The number of carbonyl (C=O) groups excluding carboxylic acids is 1. The van der Waals surface area contributed by atoms with E-state index in [4.69, 9.17) is 4.42 Å². The van der Waals surface area contributed by atoms with E-state index in [0.29, 0.717) is 18.9 Å². The van der Waals surface area contributed by atoms with Crippen molar-refractivity contribution in [3.63, 3.8) is 0 Å².